The Morgan fingerprint density at radius 2 is 2.05 bits per heavy atom. The molecule has 3 nitrogen and oxygen atoms in total. The molecule has 1 atom stereocenters. The zero-order valence-corrected chi connectivity index (χ0v) is 12.5. The number of nitrogens with one attached hydrogen (secondary N) is 1. The highest BCUT2D eigenvalue weighted by molar-refractivity contribution is 5.92. The van der Waals surface area contributed by atoms with Crippen molar-refractivity contribution in [1.82, 2.24) is 5.32 Å². The molecule has 108 valence electrons. The highest BCUT2D eigenvalue weighted by atomic mass is 16.2. The quantitative estimate of drug-likeness (QED) is 0.852. The summed E-state index contributed by atoms with van der Waals surface area (Å²) < 4.78 is 0. The van der Waals surface area contributed by atoms with Crippen LogP contribution in [-0.2, 0) is 11.2 Å². The molecule has 0 aliphatic carbocycles. The average Bonchev–Trinajstić information content (AvgIpc) is 2.46. The summed E-state index contributed by atoms with van der Waals surface area (Å²) in [4.78, 5) is 13.8. The Balaban J connectivity index is 1.91. The molecule has 0 saturated carbocycles. The van der Waals surface area contributed by atoms with E-state index in [9.17, 15) is 4.79 Å². The molecule has 3 rings (SSSR count). The van der Waals surface area contributed by atoms with Gasteiger partial charge in [-0.3, -0.25) is 4.79 Å². The number of anilines is 1. The minimum atomic E-state index is 0.160. The highest BCUT2D eigenvalue weighted by Gasteiger charge is 2.25. The Kier molecular flexibility index (Phi) is 3.79. The molecule has 3 heteroatoms. The van der Waals surface area contributed by atoms with E-state index in [1.54, 1.807) is 6.92 Å². The summed E-state index contributed by atoms with van der Waals surface area (Å²) in [5.74, 6) is 1.40. The molecule has 0 aromatic heterocycles. The number of hydrogen-bond acceptors (Lipinski definition) is 2. The molecule has 0 spiro atoms. The zero-order valence-electron chi connectivity index (χ0n) is 12.5. The van der Waals surface area contributed by atoms with Crippen molar-refractivity contribution in [2.75, 3.05) is 24.5 Å². The molecule has 0 bridgehead atoms. The fraction of sp³-hybridized carbons (Fsp3) is 0.588. The second kappa shape index (κ2) is 5.57. The van der Waals surface area contributed by atoms with Crippen LogP contribution >= 0.6 is 0 Å². The van der Waals surface area contributed by atoms with Crippen molar-refractivity contribution in [3.8, 4) is 0 Å². The molecule has 2 aliphatic rings. The third-order valence-electron chi connectivity index (χ3n) is 4.65. The van der Waals surface area contributed by atoms with Crippen molar-refractivity contribution in [2.24, 2.45) is 5.92 Å². The smallest absolute Gasteiger partial charge is 0.223 e. The number of rotatable bonds is 1. The summed E-state index contributed by atoms with van der Waals surface area (Å²) in [5, 5.41) is 3.42. The predicted octanol–water partition coefficient (Wildman–Crippen LogP) is 2.70. The number of piperidine rings is 1. The van der Waals surface area contributed by atoms with Crippen molar-refractivity contribution in [2.45, 2.75) is 39.0 Å². The Bertz CT molecular complexity index is 506. The molecule has 1 amide bonds. The van der Waals surface area contributed by atoms with E-state index in [0.717, 1.165) is 31.7 Å². The second-order valence-corrected chi connectivity index (χ2v) is 6.35. The van der Waals surface area contributed by atoms with E-state index in [2.05, 4.69) is 30.4 Å². The number of carbonyl (C=O) groups excluding carboxylic acids is 1. The van der Waals surface area contributed by atoms with Gasteiger partial charge in [-0.05, 0) is 61.4 Å². The normalized spacial score (nSPS) is 23.5. The van der Waals surface area contributed by atoms with Gasteiger partial charge in [0, 0.05) is 19.2 Å². The Labute approximate surface area is 121 Å². The summed E-state index contributed by atoms with van der Waals surface area (Å²) in [5.41, 5.74) is 3.95. The predicted molar refractivity (Wildman–Crippen MR) is 82.2 cm³/mol. The van der Waals surface area contributed by atoms with Gasteiger partial charge >= 0.3 is 0 Å². The number of benzene rings is 1. The molecular weight excluding hydrogens is 248 g/mol. The van der Waals surface area contributed by atoms with Crippen LogP contribution in [0.5, 0.6) is 0 Å². The number of nitrogens with zero attached hydrogens (tertiary/aromatic N) is 1. The first-order valence-corrected chi connectivity index (χ1v) is 7.77. The van der Waals surface area contributed by atoms with Gasteiger partial charge in [0.25, 0.3) is 0 Å². The molecule has 1 aromatic rings. The lowest BCUT2D eigenvalue weighted by atomic mass is 9.86. The van der Waals surface area contributed by atoms with Crippen molar-refractivity contribution in [3.63, 3.8) is 0 Å². The molecule has 1 saturated heterocycles. The maximum atomic E-state index is 11.8. The van der Waals surface area contributed by atoms with Crippen molar-refractivity contribution in [1.29, 1.82) is 0 Å². The van der Waals surface area contributed by atoms with E-state index in [1.807, 2.05) is 4.90 Å². The van der Waals surface area contributed by atoms with Crippen LogP contribution in [0.25, 0.3) is 0 Å². The first kappa shape index (κ1) is 13.6. The van der Waals surface area contributed by atoms with Crippen LogP contribution in [0.2, 0.25) is 0 Å². The highest BCUT2D eigenvalue weighted by Crippen LogP contribution is 2.34. The standard InChI is InChI=1S/C17H24N2O/c1-12-9-16-10-15(14-5-7-18-8-6-14)3-4-17(16)19(11-12)13(2)20/h3-4,10,12,14,18H,5-9,11H2,1-2H3/t12-/m1/s1. The van der Waals surface area contributed by atoms with Crippen LogP contribution in [0.15, 0.2) is 18.2 Å². The number of carbonyl (C=O) groups is 1. The summed E-state index contributed by atoms with van der Waals surface area (Å²) in [6.45, 7) is 7.00. The van der Waals surface area contributed by atoms with E-state index in [4.69, 9.17) is 0 Å². The van der Waals surface area contributed by atoms with Gasteiger partial charge in [-0.25, -0.2) is 0 Å². The molecule has 1 aromatic carbocycles. The van der Waals surface area contributed by atoms with E-state index in [0.29, 0.717) is 11.8 Å². The summed E-state index contributed by atoms with van der Waals surface area (Å²) in [6, 6.07) is 6.76. The first-order valence-electron chi connectivity index (χ1n) is 7.77. The van der Waals surface area contributed by atoms with Crippen LogP contribution in [-0.4, -0.2) is 25.5 Å². The van der Waals surface area contributed by atoms with Crippen LogP contribution < -0.4 is 10.2 Å². The molecule has 20 heavy (non-hydrogen) atoms. The molecule has 0 radical (unpaired) electrons. The van der Waals surface area contributed by atoms with Gasteiger partial charge < -0.3 is 10.2 Å². The largest absolute Gasteiger partial charge is 0.317 e. The Morgan fingerprint density at radius 3 is 2.75 bits per heavy atom. The molecule has 0 unspecified atom stereocenters. The third-order valence-corrected chi connectivity index (χ3v) is 4.65. The lowest BCUT2D eigenvalue weighted by Gasteiger charge is -2.33. The molecule has 2 heterocycles. The number of amides is 1. The average molecular weight is 272 g/mol. The van der Waals surface area contributed by atoms with E-state index >= 15 is 0 Å². The minimum absolute atomic E-state index is 0.160. The van der Waals surface area contributed by atoms with Gasteiger partial charge in [0.15, 0.2) is 0 Å². The van der Waals surface area contributed by atoms with Crippen LogP contribution in [0, 0.1) is 5.92 Å². The van der Waals surface area contributed by atoms with E-state index < -0.39 is 0 Å². The molecule has 2 aliphatic heterocycles. The Morgan fingerprint density at radius 1 is 1.30 bits per heavy atom. The number of fused-ring (bicyclic) bond motifs is 1. The first-order chi connectivity index (χ1) is 9.65. The maximum absolute atomic E-state index is 11.8. The maximum Gasteiger partial charge on any atom is 0.223 e. The van der Waals surface area contributed by atoms with Crippen molar-refractivity contribution < 1.29 is 4.79 Å². The fourth-order valence-electron chi connectivity index (χ4n) is 3.59. The Hall–Kier alpha value is -1.35. The lowest BCUT2D eigenvalue weighted by molar-refractivity contribution is -0.116. The second-order valence-electron chi connectivity index (χ2n) is 6.35. The van der Waals surface area contributed by atoms with Gasteiger partial charge in [-0.1, -0.05) is 19.1 Å². The SMILES string of the molecule is CC(=O)N1C[C@H](C)Cc2cc(C3CCNCC3)ccc21. The van der Waals surface area contributed by atoms with Gasteiger partial charge in [0.2, 0.25) is 5.91 Å². The lowest BCUT2D eigenvalue weighted by Crippen LogP contribution is -2.37. The van der Waals surface area contributed by atoms with Gasteiger partial charge in [-0.2, -0.15) is 0 Å². The van der Waals surface area contributed by atoms with Crippen molar-refractivity contribution in [3.05, 3.63) is 29.3 Å². The molecule has 1 fully saturated rings. The molecular formula is C17H24N2O. The summed E-state index contributed by atoms with van der Waals surface area (Å²) >= 11 is 0. The van der Waals surface area contributed by atoms with Gasteiger partial charge in [0.1, 0.15) is 0 Å². The topological polar surface area (TPSA) is 32.3 Å². The van der Waals surface area contributed by atoms with Crippen LogP contribution in [0.4, 0.5) is 5.69 Å². The monoisotopic (exact) mass is 272 g/mol. The zero-order chi connectivity index (χ0) is 14.1. The van der Waals surface area contributed by atoms with Crippen molar-refractivity contribution >= 4 is 11.6 Å². The molecule has 1 N–H and O–H groups in total. The van der Waals surface area contributed by atoms with E-state index in [1.165, 1.54) is 24.0 Å². The fourth-order valence-corrected chi connectivity index (χ4v) is 3.59. The van der Waals surface area contributed by atoms with Gasteiger partial charge in [-0.15, -0.1) is 0 Å². The third kappa shape index (κ3) is 2.59. The summed E-state index contributed by atoms with van der Waals surface area (Å²) in [6.07, 6.45) is 3.55. The van der Waals surface area contributed by atoms with Crippen LogP contribution in [0.1, 0.15) is 43.7 Å². The minimum Gasteiger partial charge on any atom is -0.317 e. The van der Waals surface area contributed by atoms with Gasteiger partial charge in [0.05, 0.1) is 0 Å². The van der Waals surface area contributed by atoms with E-state index in [-0.39, 0.29) is 5.91 Å². The van der Waals surface area contributed by atoms with Crippen LogP contribution in [0.3, 0.4) is 0 Å². The number of hydrogen-bond donors (Lipinski definition) is 1. The summed E-state index contributed by atoms with van der Waals surface area (Å²) in [7, 11) is 0.